The average molecular weight is 208 g/mol. The summed E-state index contributed by atoms with van der Waals surface area (Å²) in [6.07, 6.45) is 7.57. The Kier molecular flexibility index (Phi) is 3.81. The first kappa shape index (κ1) is 11.2. The fourth-order valence-electron chi connectivity index (χ4n) is 2.39. The van der Waals surface area contributed by atoms with Gasteiger partial charge in [-0.2, -0.15) is 0 Å². The molecule has 0 radical (unpaired) electrons. The molecule has 1 heterocycles. The first-order valence-corrected chi connectivity index (χ1v) is 6.39. The zero-order chi connectivity index (χ0) is 10.7. The summed E-state index contributed by atoms with van der Waals surface area (Å²) in [6, 6.07) is 1.18. The molecule has 0 aromatic carbocycles. The molecule has 2 heteroatoms. The number of hydrogen-bond donors (Lipinski definition) is 1. The highest BCUT2D eigenvalue weighted by molar-refractivity contribution is 4.88. The fourth-order valence-corrected chi connectivity index (χ4v) is 2.39. The zero-order valence-corrected chi connectivity index (χ0v) is 9.91. The third kappa shape index (κ3) is 3.62. The summed E-state index contributed by atoms with van der Waals surface area (Å²) >= 11 is 0. The molecular weight excluding hydrogens is 184 g/mol. The minimum absolute atomic E-state index is 0.463. The van der Waals surface area contributed by atoms with Crippen LogP contribution in [-0.4, -0.2) is 36.6 Å². The largest absolute Gasteiger partial charge is 0.308 e. The van der Waals surface area contributed by atoms with Crippen LogP contribution in [0.1, 0.15) is 32.6 Å². The number of likely N-dealkylation sites (tertiary alicyclic amines) is 1. The summed E-state index contributed by atoms with van der Waals surface area (Å²) in [7, 11) is 0. The SMILES string of the molecule is C=CC(C)NC1CCN(CC2CC2)CC1. The maximum atomic E-state index is 3.82. The van der Waals surface area contributed by atoms with Crippen molar-refractivity contribution in [3.05, 3.63) is 12.7 Å². The normalized spacial score (nSPS) is 26.5. The molecule has 86 valence electrons. The minimum atomic E-state index is 0.463. The standard InChI is InChI=1S/C13H24N2/c1-3-11(2)14-13-6-8-15(9-7-13)10-12-4-5-12/h3,11-14H,1,4-10H2,2H3. The molecule has 15 heavy (non-hydrogen) atoms. The zero-order valence-electron chi connectivity index (χ0n) is 9.91. The molecule has 2 fully saturated rings. The molecule has 0 aromatic heterocycles. The van der Waals surface area contributed by atoms with Crippen LogP contribution in [0, 0.1) is 5.92 Å². The molecular formula is C13H24N2. The maximum absolute atomic E-state index is 3.82. The predicted octanol–water partition coefficient (Wildman–Crippen LogP) is 2.02. The van der Waals surface area contributed by atoms with Crippen molar-refractivity contribution in [2.45, 2.75) is 44.7 Å². The van der Waals surface area contributed by atoms with Gasteiger partial charge in [-0.1, -0.05) is 6.08 Å². The molecule has 1 atom stereocenters. The van der Waals surface area contributed by atoms with Crippen LogP contribution < -0.4 is 5.32 Å². The monoisotopic (exact) mass is 208 g/mol. The minimum Gasteiger partial charge on any atom is -0.308 e. The highest BCUT2D eigenvalue weighted by atomic mass is 15.1. The van der Waals surface area contributed by atoms with Gasteiger partial charge in [0.25, 0.3) is 0 Å². The van der Waals surface area contributed by atoms with Crippen LogP contribution in [-0.2, 0) is 0 Å². The van der Waals surface area contributed by atoms with Crippen LogP contribution in [0.2, 0.25) is 0 Å². The van der Waals surface area contributed by atoms with Gasteiger partial charge < -0.3 is 10.2 Å². The van der Waals surface area contributed by atoms with Gasteiger partial charge in [-0.15, -0.1) is 6.58 Å². The van der Waals surface area contributed by atoms with Gasteiger partial charge in [0, 0.05) is 18.6 Å². The predicted molar refractivity (Wildman–Crippen MR) is 65.0 cm³/mol. The molecule has 1 saturated carbocycles. The summed E-state index contributed by atoms with van der Waals surface area (Å²) in [5, 5.41) is 3.61. The Morgan fingerprint density at radius 3 is 2.53 bits per heavy atom. The maximum Gasteiger partial charge on any atom is 0.0221 e. The molecule has 0 amide bonds. The lowest BCUT2D eigenvalue weighted by molar-refractivity contribution is 0.189. The molecule has 0 aromatic rings. The molecule has 1 aliphatic heterocycles. The Hall–Kier alpha value is -0.340. The highest BCUT2D eigenvalue weighted by Crippen LogP contribution is 2.30. The second-order valence-corrected chi connectivity index (χ2v) is 5.21. The van der Waals surface area contributed by atoms with Crippen LogP contribution in [0.15, 0.2) is 12.7 Å². The summed E-state index contributed by atoms with van der Waals surface area (Å²) in [5.74, 6) is 1.04. The Bertz CT molecular complexity index is 203. The quantitative estimate of drug-likeness (QED) is 0.695. The summed E-state index contributed by atoms with van der Waals surface area (Å²) in [6.45, 7) is 9.94. The van der Waals surface area contributed by atoms with E-state index in [1.165, 1.54) is 45.3 Å². The van der Waals surface area contributed by atoms with Gasteiger partial charge in [-0.25, -0.2) is 0 Å². The molecule has 2 aliphatic rings. The molecule has 2 rings (SSSR count). The Morgan fingerprint density at radius 1 is 1.33 bits per heavy atom. The van der Waals surface area contributed by atoms with Gasteiger partial charge in [-0.05, 0) is 51.6 Å². The number of nitrogens with zero attached hydrogens (tertiary/aromatic N) is 1. The van der Waals surface area contributed by atoms with E-state index in [9.17, 15) is 0 Å². The van der Waals surface area contributed by atoms with Gasteiger partial charge in [0.15, 0.2) is 0 Å². The molecule has 2 nitrogen and oxygen atoms in total. The lowest BCUT2D eigenvalue weighted by Crippen LogP contribution is -2.45. The van der Waals surface area contributed by atoms with Crippen molar-refractivity contribution in [1.82, 2.24) is 10.2 Å². The van der Waals surface area contributed by atoms with Crippen LogP contribution in [0.25, 0.3) is 0 Å². The molecule has 1 unspecified atom stereocenters. The van der Waals surface area contributed by atoms with E-state index in [4.69, 9.17) is 0 Å². The van der Waals surface area contributed by atoms with Gasteiger partial charge in [0.05, 0.1) is 0 Å². The Balaban J connectivity index is 1.64. The lowest BCUT2D eigenvalue weighted by atomic mass is 10.0. The first-order chi connectivity index (χ1) is 7.28. The average Bonchev–Trinajstić information content (AvgIpc) is 3.05. The van der Waals surface area contributed by atoms with E-state index in [2.05, 4.69) is 23.7 Å². The first-order valence-electron chi connectivity index (χ1n) is 6.39. The lowest BCUT2D eigenvalue weighted by Gasteiger charge is -2.33. The number of hydrogen-bond acceptors (Lipinski definition) is 2. The van der Waals surface area contributed by atoms with Gasteiger partial charge >= 0.3 is 0 Å². The smallest absolute Gasteiger partial charge is 0.0221 e. The summed E-state index contributed by atoms with van der Waals surface area (Å²) in [4.78, 5) is 2.65. The van der Waals surface area contributed by atoms with Gasteiger partial charge in [0.1, 0.15) is 0 Å². The van der Waals surface area contributed by atoms with Crippen molar-refractivity contribution in [2.75, 3.05) is 19.6 Å². The van der Waals surface area contributed by atoms with Crippen LogP contribution in [0.4, 0.5) is 0 Å². The number of rotatable bonds is 5. The molecule has 1 N–H and O–H groups in total. The van der Waals surface area contributed by atoms with E-state index < -0.39 is 0 Å². The van der Waals surface area contributed by atoms with Crippen molar-refractivity contribution >= 4 is 0 Å². The van der Waals surface area contributed by atoms with Gasteiger partial charge in [0.2, 0.25) is 0 Å². The van der Waals surface area contributed by atoms with E-state index in [-0.39, 0.29) is 0 Å². The summed E-state index contributed by atoms with van der Waals surface area (Å²) < 4.78 is 0. The summed E-state index contributed by atoms with van der Waals surface area (Å²) in [5.41, 5.74) is 0. The fraction of sp³-hybridized carbons (Fsp3) is 0.846. The molecule has 0 spiro atoms. The van der Waals surface area contributed by atoms with Crippen LogP contribution in [0.5, 0.6) is 0 Å². The van der Waals surface area contributed by atoms with Crippen molar-refractivity contribution in [3.8, 4) is 0 Å². The molecule has 0 bridgehead atoms. The van der Waals surface area contributed by atoms with E-state index in [1.54, 1.807) is 0 Å². The number of piperidine rings is 1. The topological polar surface area (TPSA) is 15.3 Å². The van der Waals surface area contributed by atoms with Crippen LogP contribution >= 0.6 is 0 Å². The molecule has 1 saturated heterocycles. The number of nitrogens with one attached hydrogen (secondary N) is 1. The van der Waals surface area contributed by atoms with E-state index in [0.717, 1.165) is 5.92 Å². The van der Waals surface area contributed by atoms with E-state index in [1.807, 2.05) is 6.08 Å². The molecule has 1 aliphatic carbocycles. The third-order valence-electron chi connectivity index (χ3n) is 3.65. The Labute approximate surface area is 93.7 Å². The van der Waals surface area contributed by atoms with E-state index in [0.29, 0.717) is 12.1 Å². The van der Waals surface area contributed by atoms with Crippen LogP contribution in [0.3, 0.4) is 0 Å². The second-order valence-electron chi connectivity index (χ2n) is 5.21. The van der Waals surface area contributed by atoms with Crippen molar-refractivity contribution in [2.24, 2.45) is 5.92 Å². The van der Waals surface area contributed by atoms with Crippen molar-refractivity contribution in [1.29, 1.82) is 0 Å². The highest BCUT2D eigenvalue weighted by Gasteiger charge is 2.26. The van der Waals surface area contributed by atoms with E-state index >= 15 is 0 Å². The third-order valence-corrected chi connectivity index (χ3v) is 3.65. The van der Waals surface area contributed by atoms with Crippen molar-refractivity contribution < 1.29 is 0 Å². The van der Waals surface area contributed by atoms with Crippen molar-refractivity contribution in [3.63, 3.8) is 0 Å². The Morgan fingerprint density at radius 2 is 2.00 bits per heavy atom. The van der Waals surface area contributed by atoms with Gasteiger partial charge in [-0.3, -0.25) is 0 Å². The second kappa shape index (κ2) is 5.13.